The summed E-state index contributed by atoms with van der Waals surface area (Å²) in [7, 11) is 0. The average Bonchev–Trinajstić information content (AvgIpc) is 2.65. The molecular formula is C24H40O2. The predicted molar refractivity (Wildman–Crippen MR) is 112 cm³/mol. The van der Waals surface area contributed by atoms with Gasteiger partial charge in [-0.2, -0.15) is 0 Å². The zero-order valence-corrected chi connectivity index (χ0v) is 17.2. The maximum atomic E-state index is 11.8. The molecule has 0 fully saturated rings. The number of benzene rings is 1. The van der Waals surface area contributed by atoms with E-state index in [9.17, 15) is 4.79 Å². The first kappa shape index (κ1) is 22.7. The lowest BCUT2D eigenvalue weighted by atomic mass is 10.0. The van der Waals surface area contributed by atoms with E-state index in [2.05, 4.69) is 26.0 Å². The smallest absolute Gasteiger partial charge is 0.311 e. The summed E-state index contributed by atoms with van der Waals surface area (Å²) in [6.07, 6.45) is 18.3. The summed E-state index contributed by atoms with van der Waals surface area (Å²) in [5.41, 5.74) is 1.34. The van der Waals surface area contributed by atoms with Crippen molar-refractivity contribution in [1.82, 2.24) is 0 Å². The highest BCUT2D eigenvalue weighted by molar-refractivity contribution is 5.72. The summed E-state index contributed by atoms with van der Waals surface area (Å²) in [6, 6.07) is 8.08. The molecule has 1 aromatic rings. The molecule has 1 aromatic carbocycles. The van der Waals surface area contributed by atoms with Crippen LogP contribution in [0.15, 0.2) is 24.3 Å². The molecule has 0 spiro atoms. The van der Waals surface area contributed by atoms with Gasteiger partial charge in [0, 0.05) is 6.42 Å². The van der Waals surface area contributed by atoms with Crippen molar-refractivity contribution < 1.29 is 9.53 Å². The first-order valence-corrected chi connectivity index (χ1v) is 11.1. The van der Waals surface area contributed by atoms with Gasteiger partial charge in [-0.05, 0) is 37.0 Å². The number of aryl methyl sites for hydroxylation is 1. The van der Waals surface area contributed by atoms with E-state index in [4.69, 9.17) is 4.74 Å². The third kappa shape index (κ3) is 12.1. The Labute approximate surface area is 161 Å². The molecule has 148 valence electrons. The topological polar surface area (TPSA) is 26.3 Å². The number of esters is 1. The van der Waals surface area contributed by atoms with Crippen LogP contribution in [-0.2, 0) is 11.2 Å². The van der Waals surface area contributed by atoms with Gasteiger partial charge < -0.3 is 4.74 Å². The Kier molecular flexibility index (Phi) is 13.9. The van der Waals surface area contributed by atoms with E-state index in [1.165, 1.54) is 76.2 Å². The third-order valence-corrected chi connectivity index (χ3v) is 4.96. The van der Waals surface area contributed by atoms with E-state index >= 15 is 0 Å². The number of ether oxygens (including phenoxy) is 1. The number of rotatable bonds is 16. The summed E-state index contributed by atoms with van der Waals surface area (Å²) in [4.78, 5) is 11.8. The molecule has 1 rings (SSSR count). The quantitative estimate of drug-likeness (QED) is 0.172. The molecule has 2 nitrogen and oxygen atoms in total. The lowest BCUT2D eigenvalue weighted by Crippen LogP contribution is -2.07. The van der Waals surface area contributed by atoms with Crippen LogP contribution in [0.5, 0.6) is 5.75 Å². The van der Waals surface area contributed by atoms with Gasteiger partial charge in [-0.1, -0.05) is 96.6 Å². The van der Waals surface area contributed by atoms with Crippen molar-refractivity contribution in [3.63, 3.8) is 0 Å². The third-order valence-electron chi connectivity index (χ3n) is 4.96. The van der Waals surface area contributed by atoms with Crippen molar-refractivity contribution in [3.8, 4) is 5.75 Å². The molecule has 0 heterocycles. The first-order valence-electron chi connectivity index (χ1n) is 11.1. The van der Waals surface area contributed by atoms with Crippen molar-refractivity contribution in [2.45, 2.75) is 110 Å². The molecule has 26 heavy (non-hydrogen) atoms. The van der Waals surface area contributed by atoms with Gasteiger partial charge in [0.15, 0.2) is 0 Å². The molecule has 0 atom stereocenters. The number of carbonyl (C=O) groups is 1. The van der Waals surface area contributed by atoms with E-state index in [1.807, 2.05) is 12.1 Å². The fraction of sp³-hybridized carbons (Fsp3) is 0.708. The highest BCUT2D eigenvalue weighted by atomic mass is 16.5. The molecule has 0 radical (unpaired) electrons. The van der Waals surface area contributed by atoms with Gasteiger partial charge in [-0.15, -0.1) is 0 Å². The molecule has 0 aliphatic carbocycles. The van der Waals surface area contributed by atoms with Crippen LogP contribution in [0.3, 0.4) is 0 Å². The van der Waals surface area contributed by atoms with Crippen LogP contribution in [-0.4, -0.2) is 5.97 Å². The highest BCUT2D eigenvalue weighted by Crippen LogP contribution is 2.16. The zero-order chi connectivity index (χ0) is 18.9. The Bertz CT molecular complexity index is 450. The summed E-state index contributed by atoms with van der Waals surface area (Å²) in [5.74, 6) is 0.584. The van der Waals surface area contributed by atoms with Gasteiger partial charge in [0.2, 0.25) is 0 Å². The van der Waals surface area contributed by atoms with Gasteiger partial charge in [-0.25, -0.2) is 0 Å². The molecule has 0 saturated heterocycles. The minimum absolute atomic E-state index is 0.0997. The fourth-order valence-electron chi connectivity index (χ4n) is 3.24. The number of hydrogen-bond donors (Lipinski definition) is 0. The van der Waals surface area contributed by atoms with Crippen LogP contribution in [0.2, 0.25) is 0 Å². The molecule has 0 N–H and O–H groups in total. The van der Waals surface area contributed by atoms with Gasteiger partial charge in [0.1, 0.15) is 5.75 Å². The molecule has 0 amide bonds. The Morgan fingerprint density at radius 2 is 1.19 bits per heavy atom. The Morgan fingerprint density at radius 3 is 1.77 bits per heavy atom. The molecule has 2 heteroatoms. The van der Waals surface area contributed by atoms with Crippen LogP contribution in [0.4, 0.5) is 0 Å². The molecule has 0 aromatic heterocycles. The molecule has 0 saturated carbocycles. The van der Waals surface area contributed by atoms with Crippen molar-refractivity contribution in [2.75, 3.05) is 0 Å². The lowest BCUT2D eigenvalue weighted by molar-refractivity contribution is -0.134. The van der Waals surface area contributed by atoms with E-state index in [-0.39, 0.29) is 5.97 Å². The summed E-state index contributed by atoms with van der Waals surface area (Å²) in [5, 5.41) is 0. The fourth-order valence-corrected chi connectivity index (χ4v) is 3.24. The van der Waals surface area contributed by atoms with Crippen molar-refractivity contribution >= 4 is 5.97 Å². The van der Waals surface area contributed by atoms with Gasteiger partial charge >= 0.3 is 5.97 Å². The Balaban J connectivity index is 2.10. The Morgan fingerprint density at radius 1 is 0.692 bits per heavy atom. The average molecular weight is 361 g/mol. The summed E-state index contributed by atoms with van der Waals surface area (Å²) < 4.78 is 5.43. The monoisotopic (exact) mass is 360 g/mol. The second-order valence-corrected chi connectivity index (χ2v) is 7.51. The van der Waals surface area contributed by atoms with Crippen LogP contribution >= 0.6 is 0 Å². The van der Waals surface area contributed by atoms with Gasteiger partial charge in [0.05, 0.1) is 0 Å². The van der Waals surface area contributed by atoms with Gasteiger partial charge in [-0.3, -0.25) is 4.79 Å². The number of carbonyl (C=O) groups excluding carboxylic acids is 1. The van der Waals surface area contributed by atoms with Crippen LogP contribution in [0.1, 0.15) is 109 Å². The second kappa shape index (κ2) is 15.9. The van der Waals surface area contributed by atoms with E-state index in [0.717, 1.165) is 19.3 Å². The Hall–Kier alpha value is -1.31. The molecule has 0 bridgehead atoms. The summed E-state index contributed by atoms with van der Waals surface area (Å²) >= 11 is 0. The maximum absolute atomic E-state index is 11.8. The summed E-state index contributed by atoms with van der Waals surface area (Å²) in [6.45, 7) is 4.47. The molecule has 0 aliphatic rings. The minimum atomic E-state index is -0.0997. The van der Waals surface area contributed by atoms with Gasteiger partial charge in [0.25, 0.3) is 0 Å². The predicted octanol–water partition coefficient (Wildman–Crippen LogP) is 7.64. The molecular weight excluding hydrogens is 320 g/mol. The maximum Gasteiger partial charge on any atom is 0.311 e. The standard InChI is InChI=1S/C24H40O2/c1-3-5-7-9-10-11-13-14-16-22-18-20-23(21-19-22)26-24(25)17-15-12-8-6-4-2/h18-21H,3-17H2,1-2H3. The highest BCUT2D eigenvalue weighted by Gasteiger charge is 2.05. The van der Waals surface area contributed by atoms with Crippen molar-refractivity contribution in [1.29, 1.82) is 0 Å². The zero-order valence-electron chi connectivity index (χ0n) is 17.2. The largest absolute Gasteiger partial charge is 0.427 e. The van der Waals surface area contributed by atoms with Crippen LogP contribution in [0, 0.1) is 0 Å². The van der Waals surface area contributed by atoms with Crippen molar-refractivity contribution in [3.05, 3.63) is 29.8 Å². The minimum Gasteiger partial charge on any atom is -0.427 e. The lowest BCUT2D eigenvalue weighted by Gasteiger charge is -2.06. The van der Waals surface area contributed by atoms with E-state index in [1.54, 1.807) is 0 Å². The van der Waals surface area contributed by atoms with Crippen molar-refractivity contribution in [2.24, 2.45) is 0 Å². The normalized spacial score (nSPS) is 10.8. The SMILES string of the molecule is CCCCCCCCCCc1ccc(OC(=O)CCCCCCC)cc1. The number of unbranched alkanes of at least 4 members (excludes halogenated alkanes) is 11. The molecule has 0 unspecified atom stereocenters. The second-order valence-electron chi connectivity index (χ2n) is 7.51. The molecule has 0 aliphatic heterocycles. The van der Waals surface area contributed by atoms with Crippen LogP contribution in [0.25, 0.3) is 0 Å². The number of hydrogen-bond acceptors (Lipinski definition) is 2. The van der Waals surface area contributed by atoms with E-state index in [0.29, 0.717) is 12.2 Å². The first-order chi connectivity index (χ1) is 12.8. The van der Waals surface area contributed by atoms with E-state index < -0.39 is 0 Å². The van der Waals surface area contributed by atoms with Crippen LogP contribution < -0.4 is 4.74 Å².